The second-order valence-corrected chi connectivity index (χ2v) is 6.43. The lowest BCUT2D eigenvalue weighted by Gasteiger charge is -2.07. The molecule has 0 radical (unpaired) electrons. The van der Waals surface area contributed by atoms with E-state index in [1.54, 1.807) is 0 Å². The third-order valence-corrected chi connectivity index (χ3v) is 3.56. The Morgan fingerprint density at radius 1 is 0.818 bits per heavy atom. The van der Waals surface area contributed by atoms with Crippen molar-refractivity contribution in [2.75, 3.05) is 6.61 Å². The lowest BCUT2D eigenvalue weighted by Crippen LogP contribution is -2.03. The van der Waals surface area contributed by atoms with Crippen LogP contribution in [-0.4, -0.2) is 22.9 Å². The molecule has 0 spiro atoms. The molecule has 1 atom stereocenters. The largest absolute Gasteiger partial charge is 0.392 e. The van der Waals surface area contributed by atoms with E-state index in [4.69, 9.17) is 5.11 Å². The number of hydrogen-bond donors (Lipinski definition) is 2. The van der Waals surface area contributed by atoms with E-state index in [1.165, 1.54) is 16.7 Å². The highest BCUT2D eigenvalue weighted by Crippen LogP contribution is 2.13. The summed E-state index contributed by atoms with van der Waals surface area (Å²) in [5, 5.41) is 18.7. The number of rotatable bonds is 10. The third kappa shape index (κ3) is 12.6. The Hall–Kier alpha value is -1.12. The molecule has 0 amide bonds. The molecule has 0 aliphatic rings. The summed E-state index contributed by atoms with van der Waals surface area (Å²) in [4.78, 5) is 0. The molecule has 0 heterocycles. The molecule has 0 aliphatic heterocycles. The van der Waals surface area contributed by atoms with Crippen LogP contribution in [0.3, 0.4) is 0 Å². The van der Waals surface area contributed by atoms with E-state index in [0.717, 1.165) is 37.7 Å². The van der Waals surface area contributed by atoms with Gasteiger partial charge >= 0.3 is 0 Å². The summed E-state index contributed by atoms with van der Waals surface area (Å²) in [7, 11) is 0. The van der Waals surface area contributed by atoms with Crippen LogP contribution < -0.4 is 0 Å². The van der Waals surface area contributed by atoms with Gasteiger partial charge in [-0.05, 0) is 66.7 Å². The quantitative estimate of drug-likeness (QED) is 0.552. The van der Waals surface area contributed by atoms with Crippen LogP contribution in [0.15, 0.2) is 46.6 Å². The van der Waals surface area contributed by atoms with E-state index in [2.05, 4.69) is 32.9 Å². The molecule has 0 aromatic carbocycles. The zero-order chi connectivity index (χ0) is 17.0. The normalized spacial score (nSPS) is 15.0. The molecule has 0 fully saturated rings. The highest BCUT2D eigenvalue weighted by Gasteiger charge is 2.01. The minimum absolute atomic E-state index is 0.136. The number of aliphatic hydroxyl groups is 2. The Morgan fingerprint density at radius 3 is 1.82 bits per heavy atom. The van der Waals surface area contributed by atoms with Crippen LogP contribution >= 0.6 is 0 Å². The zero-order valence-electron chi connectivity index (χ0n) is 15.0. The van der Waals surface area contributed by atoms with Gasteiger partial charge in [0.2, 0.25) is 0 Å². The molecule has 0 aliphatic carbocycles. The van der Waals surface area contributed by atoms with Crippen LogP contribution in [0.1, 0.15) is 66.7 Å². The summed E-state index contributed by atoms with van der Waals surface area (Å²) in [6.45, 7) is 10.5. The van der Waals surface area contributed by atoms with Gasteiger partial charge < -0.3 is 10.2 Å². The monoisotopic (exact) mass is 306 g/mol. The first-order valence-corrected chi connectivity index (χ1v) is 8.26. The maximum atomic E-state index is 9.86. The minimum atomic E-state index is -0.362. The molecule has 0 unspecified atom stereocenters. The van der Waals surface area contributed by atoms with Gasteiger partial charge in [-0.25, -0.2) is 0 Å². The van der Waals surface area contributed by atoms with E-state index in [-0.39, 0.29) is 12.7 Å². The lowest BCUT2D eigenvalue weighted by atomic mass is 10.0. The average Bonchev–Trinajstić information content (AvgIpc) is 2.37. The summed E-state index contributed by atoms with van der Waals surface area (Å²) in [5.74, 6) is 0. The van der Waals surface area contributed by atoms with Crippen molar-refractivity contribution in [2.24, 2.45) is 0 Å². The summed E-state index contributed by atoms with van der Waals surface area (Å²) < 4.78 is 0. The van der Waals surface area contributed by atoms with Gasteiger partial charge in [0.25, 0.3) is 0 Å². The molecule has 0 aromatic rings. The maximum absolute atomic E-state index is 9.86. The van der Waals surface area contributed by atoms with Crippen molar-refractivity contribution in [2.45, 2.75) is 72.8 Å². The molecule has 22 heavy (non-hydrogen) atoms. The highest BCUT2D eigenvalue weighted by molar-refractivity contribution is 5.08. The third-order valence-electron chi connectivity index (χ3n) is 3.56. The Labute approximate surface area is 137 Å². The second kappa shape index (κ2) is 12.4. The lowest BCUT2D eigenvalue weighted by molar-refractivity contribution is 0.222. The first kappa shape index (κ1) is 20.9. The molecule has 2 nitrogen and oxygen atoms in total. The van der Waals surface area contributed by atoms with Gasteiger partial charge in [0.15, 0.2) is 0 Å². The smallest absolute Gasteiger partial charge is 0.0760 e. The predicted octanol–water partition coefficient (Wildman–Crippen LogP) is 5.10. The molecule has 0 saturated heterocycles. The van der Waals surface area contributed by atoms with Crippen LogP contribution in [0, 0.1) is 0 Å². The van der Waals surface area contributed by atoms with Crippen molar-refractivity contribution in [3.8, 4) is 0 Å². The molecule has 0 aromatic heterocycles. The summed E-state index contributed by atoms with van der Waals surface area (Å²) in [6, 6.07) is 0. The Kier molecular flexibility index (Phi) is 11.8. The molecule has 0 saturated carbocycles. The Morgan fingerprint density at radius 2 is 1.32 bits per heavy atom. The standard InChI is InChI=1S/C20H34O2/c1-16(2)14-20(22)15-19(5)11-7-9-17(3)8-6-10-18(4)12-13-21/h8,11-12,14,20-22H,6-7,9-10,13,15H2,1-5H3/b17-8+,18-12+,19-11+/t20-/m0/s1. The van der Waals surface area contributed by atoms with E-state index in [1.807, 2.05) is 26.0 Å². The second-order valence-electron chi connectivity index (χ2n) is 6.43. The van der Waals surface area contributed by atoms with Crippen molar-refractivity contribution >= 4 is 0 Å². The van der Waals surface area contributed by atoms with E-state index in [0.29, 0.717) is 0 Å². The van der Waals surface area contributed by atoms with Crippen molar-refractivity contribution in [3.05, 3.63) is 46.6 Å². The van der Waals surface area contributed by atoms with Crippen LogP contribution in [0.5, 0.6) is 0 Å². The van der Waals surface area contributed by atoms with E-state index in [9.17, 15) is 5.11 Å². The fourth-order valence-corrected chi connectivity index (χ4v) is 2.31. The minimum Gasteiger partial charge on any atom is -0.392 e. The summed E-state index contributed by atoms with van der Waals surface area (Å²) >= 11 is 0. The van der Waals surface area contributed by atoms with Crippen LogP contribution in [-0.2, 0) is 0 Å². The number of allylic oxidation sites excluding steroid dienone is 5. The highest BCUT2D eigenvalue weighted by atomic mass is 16.3. The molecule has 2 heteroatoms. The first-order valence-electron chi connectivity index (χ1n) is 8.26. The van der Waals surface area contributed by atoms with Crippen LogP contribution in [0.4, 0.5) is 0 Å². The SMILES string of the molecule is CC(C)=C[C@H](O)C/C(C)=C/CC/C(C)=C/CC/C(C)=C/CO. The maximum Gasteiger partial charge on any atom is 0.0760 e. The van der Waals surface area contributed by atoms with Gasteiger partial charge in [0.1, 0.15) is 0 Å². The van der Waals surface area contributed by atoms with Gasteiger partial charge in [-0.2, -0.15) is 0 Å². The van der Waals surface area contributed by atoms with Gasteiger partial charge in [0, 0.05) is 0 Å². The fraction of sp³-hybridized carbons (Fsp3) is 0.600. The molecular weight excluding hydrogens is 272 g/mol. The van der Waals surface area contributed by atoms with E-state index >= 15 is 0 Å². The topological polar surface area (TPSA) is 40.5 Å². The molecule has 0 rings (SSSR count). The van der Waals surface area contributed by atoms with E-state index < -0.39 is 0 Å². The fourth-order valence-electron chi connectivity index (χ4n) is 2.31. The van der Waals surface area contributed by atoms with Gasteiger partial charge in [-0.1, -0.05) is 46.6 Å². The molecule has 2 N–H and O–H groups in total. The predicted molar refractivity (Wildman–Crippen MR) is 96.9 cm³/mol. The van der Waals surface area contributed by atoms with Crippen LogP contribution in [0.2, 0.25) is 0 Å². The Bertz CT molecular complexity index is 421. The van der Waals surface area contributed by atoms with Crippen molar-refractivity contribution in [3.63, 3.8) is 0 Å². The summed E-state index contributed by atoms with van der Waals surface area (Å²) in [5.41, 5.74) is 5.06. The summed E-state index contributed by atoms with van der Waals surface area (Å²) in [6.07, 6.45) is 12.8. The van der Waals surface area contributed by atoms with Crippen LogP contribution in [0.25, 0.3) is 0 Å². The van der Waals surface area contributed by atoms with Crippen molar-refractivity contribution in [1.29, 1.82) is 0 Å². The molecular formula is C20H34O2. The molecule has 0 bridgehead atoms. The number of hydrogen-bond acceptors (Lipinski definition) is 2. The zero-order valence-corrected chi connectivity index (χ0v) is 15.0. The van der Waals surface area contributed by atoms with Crippen molar-refractivity contribution in [1.82, 2.24) is 0 Å². The van der Waals surface area contributed by atoms with Gasteiger partial charge in [-0.3, -0.25) is 0 Å². The van der Waals surface area contributed by atoms with Gasteiger partial charge in [0.05, 0.1) is 12.7 Å². The Balaban J connectivity index is 4.08. The number of aliphatic hydroxyl groups excluding tert-OH is 2. The molecule has 126 valence electrons. The average molecular weight is 306 g/mol. The van der Waals surface area contributed by atoms with Crippen molar-refractivity contribution < 1.29 is 10.2 Å². The first-order chi connectivity index (χ1) is 10.3. The van der Waals surface area contributed by atoms with Gasteiger partial charge in [-0.15, -0.1) is 0 Å².